The predicted octanol–water partition coefficient (Wildman–Crippen LogP) is 4.07. The lowest BCUT2D eigenvalue weighted by Crippen LogP contribution is -2.40. The van der Waals surface area contributed by atoms with E-state index in [0.29, 0.717) is 21.4 Å². The van der Waals surface area contributed by atoms with E-state index in [-0.39, 0.29) is 45.8 Å². The third kappa shape index (κ3) is 3.23. The number of methoxy groups -OCH3 is 1. The number of carbonyl (C=O) groups excluding carboxylic acids is 5. The van der Waals surface area contributed by atoms with Crippen molar-refractivity contribution in [1.29, 1.82) is 0 Å². The summed E-state index contributed by atoms with van der Waals surface area (Å²) in [5.74, 6) is -5.12. The lowest BCUT2D eigenvalue weighted by molar-refractivity contribution is -0.137. The minimum absolute atomic E-state index is 0.0162. The number of allylic oxidation sites excluding steroid dienone is 6. The van der Waals surface area contributed by atoms with Gasteiger partial charge in [-0.05, 0) is 40.1 Å². The van der Waals surface area contributed by atoms with Crippen LogP contribution in [-0.4, -0.2) is 46.6 Å². The van der Waals surface area contributed by atoms with Gasteiger partial charge >= 0.3 is 6.09 Å². The Kier molecular flexibility index (Phi) is 5.31. The van der Waals surface area contributed by atoms with Crippen LogP contribution in [0.5, 0.6) is 5.75 Å². The highest BCUT2D eigenvalue weighted by atomic mass is 79.9. The van der Waals surface area contributed by atoms with Crippen LogP contribution in [-0.2, 0) is 23.9 Å². The van der Waals surface area contributed by atoms with Crippen molar-refractivity contribution in [2.75, 3.05) is 7.11 Å². The first kappa shape index (κ1) is 23.5. The Morgan fingerprint density at radius 1 is 1.05 bits per heavy atom. The van der Waals surface area contributed by atoms with Crippen molar-refractivity contribution in [3.8, 4) is 5.75 Å². The van der Waals surface area contributed by atoms with Gasteiger partial charge in [-0.2, -0.15) is 4.90 Å². The summed E-state index contributed by atoms with van der Waals surface area (Å²) in [6.45, 7) is 0. The molecule has 6 rings (SSSR count). The van der Waals surface area contributed by atoms with E-state index in [1.165, 1.54) is 6.08 Å². The normalized spacial score (nSPS) is 27.0. The molecular formula is C28H20BrNO7. The minimum Gasteiger partial charge on any atom is -0.507 e. The second kappa shape index (κ2) is 8.34. The van der Waals surface area contributed by atoms with Crippen molar-refractivity contribution in [1.82, 2.24) is 4.90 Å². The van der Waals surface area contributed by atoms with Gasteiger partial charge in [-0.3, -0.25) is 19.2 Å². The van der Waals surface area contributed by atoms with Crippen molar-refractivity contribution < 1.29 is 33.8 Å². The third-order valence-corrected chi connectivity index (χ3v) is 8.52. The van der Waals surface area contributed by atoms with E-state index in [4.69, 9.17) is 0 Å². The summed E-state index contributed by atoms with van der Waals surface area (Å²) in [6, 6.07) is 10.8. The van der Waals surface area contributed by atoms with Gasteiger partial charge in [0.05, 0.1) is 23.4 Å². The number of phenolic OH excluding ortho intramolecular Hbond substituents is 1. The first-order chi connectivity index (χ1) is 17.7. The molecule has 1 heterocycles. The van der Waals surface area contributed by atoms with Crippen LogP contribution in [0.25, 0.3) is 10.8 Å². The van der Waals surface area contributed by atoms with Gasteiger partial charge in [0, 0.05) is 34.1 Å². The number of aromatic hydroxyl groups is 1. The zero-order valence-electron chi connectivity index (χ0n) is 19.6. The zero-order valence-corrected chi connectivity index (χ0v) is 21.2. The number of ketones is 2. The largest absolute Gasteiger partial charge is 0.507 e. The fourth-order valence-corrected chi connectivity index (χ4v) is 6.79. The number of halogens is 1. The highest BCUT2D eigenvalue weighted by Crippen LogP contribution is 2.56. The molecule has 9 heteroatoms. The van der Waals surface area contributed by atoms with Crippen LogP contribution < -0.4 is 0 Å². The van der Waals surface area contributed by atoms with E-state index in [1.807, 2.05) is 24.3 Å². The van der Waals surface area contributed by atoms with E-state index < -0.39 is 41.6 Å². The molecule has 1 aliphatic heterocycles. The Morgan fingerprint density at radius 3 is 2.57 bits per heavy atom. The maximum Gasteiger partial charge on any atom is 0.423 e. The summed E-state index contributed by atoms with van der Waals surface area (Å²) in [6.07, 6.45) is 2.27. The number of hydrogen-bond acceptors (Lipinski definition) is 7. The Bertz CT molecular complexity index is 1570. The molecule has 0 unspecified atom stereocenters. The topological polar surface area (TPSA) is 118 Å². The van der Waals surface area contributed by atoms with Crippen LogP contribution in [0.1, 0.15) is 24.3 Å². The van der Waals surface area contributed by atoms with E-state index in [1.54, 1.807) is 18.2 Å². The number of phenols is 1. The molecule has 0 saturated carbocycles. The van der Waals surface area contributed by atoms with Gasteiger partial charge in [-0.25, -0.2) is 4.79 Å². The van der Waals surface area contributed by atoms with Gasteiger partial charge in [0.2, 0.25) is 11.8 Å². The highest BCUT2D eigenvalue weighted by molar-refractivity contribution is 9.12. The summed E-state index contributed by atoms with van der Waals surface area (Å²) in [7, 11) is 1.10. The maximum atomic E-state index is 13.4. The summed E-state index contributed by atoms with van der Waals surface area (Å²) in [5, 5.41) is 12.8. The number of benzene rings is 2. The fourth-order valence-electron chi connectivity index (χ4n) is 6.34. The molecule has 186 valence electrons. The van der Waals surface area contributed by atoms with Crippen LogP contribution in [0.3, 0.4) is 0 Å². The van der Waals surface area contributed by atoms with Crippen LogP contribution in [0.15, 0.2) is 69.8 Å². The Labute approximate surface area is 219 Å². The number of fused-ring (bicyclic) bond motifs is 4. The van der Waals surface area contributed by atoms with Crippen molar-refractivity contribution in [3.05, 3.63) is 75.3 Å². The molecule has 0 spiro atoms. The molecule has 1 saturated heterocycles. The molecule has 37 heavy (non-hydrogen) atoms. The average molecular weight is 562 g/mol. The Balaban J connectivity index is 1.56. The quantitative estimate of drug-likeness (QED) is 0.316. The van der Waals surface area contributed by atoms with E-state index >= 15 is 0 Å². The second-order valence-corrected chi connectivity index (χ2v) is 10.5. The van der Waals surface area contributed by atoms with E-state index in [2.05, 4.69) is 20.7 Å². The summed E-state index contributed by atoms with van der Waals surface area (Å²) >= 11 is 3.19. The van der Waals surface area contributed by atoms with Gasteiger partial charge in [-0.1, -0.05) is 48.0 Å². The third-order valence-electron chi connectivity index (χ3n) is 7.93. The molecule has 1 fully saturated rings. The zero-order chi connectivity index (χ0) is 26.2. The lowest BCUT2D eigenvalue weighted by Gasteiger charge is -2.42. The van der Waals surface area contributed by atoms with Crippen LogP contribution in [0.4, 0.5) is 4.79 Å². The monoisotopic (exact) mass is 561 g/mol. The van der Waals surface area contributed by atoms with Gasteiger partial charge in [0.25, 0.3) is 0 Å². The predicted molar refractivity (Wildman–Crippen MR) is 134 cm³/mol. The smallest absolute Gasteiger partial charge is 0.423 e. The van der Waals surface area contributed by atoms with Crippen molar-refractivity contribution in [2.45, 2.75) is 18.8 Å². The molecule has 0 aromatic heterocycles. The highest BCUT2D eigenvalue weighted by Gasteiger charge is 2.58. The summed E-state index contributed by atoms with van der Waals surface area (Å²) < 4.78 is 4.78. The summed E-state index contributed by atoms with van der Waals surface area (Å²) in [5.41, 5.74) is 1.64. The van der Waals surface area contributed by atoms with Crippen LogP contribution in [0.2, 0.25) is 0 Å². The van der Waals surface area contributed by atoms with Gasteiger partial charge in [-0.15, -0.1) is 0 Å². The average Bonchev–Trinajstić information content (AvgIpc) is 3.16. The number of imide groups is 3. The number of amides is 3. The molecule has 4 atom stereocenters. The lowest BCUT2D eigenvalue weighted by atomic mass is 9.59. The van der Waals surface area contributed by atoms with Gasteiger partial charge < -0.3 is 9.84 Å². The second-order valence-electron chi connectivity index (χ2n) is 9.60. The van der Waals surface area contributed by atoms with Gasteiger partial charge in [0.15, 0.2) is 11.6 Å². The molecule has 0 bridgehead atoms. The number of hydrogen-bond donors (Lipinski definition) is 1. The SMILES string of the molecule is COC(=O)N1C(=O)[C@H]2[C@H](CC=C3[C@H](c4ccc5ccccc5c4O)C4=C(C[C@H]32)C(=O)C(Br)=CC4=O)C1=O. The molecule has 2 aromatic carbocycles. The molecule has 3 amide bonds. The van der Waals surface area contributed by atoms with Crippen molar-refractivity contribution in [3.63, 3.8) is 0 Å². The molecule has 0 radical (unpaired) electrons. The first-order valence-corrected chi connectivity index (χ1v) is 12.6. The van der Waals surface area contributed by atoms with Crippen molar-refractivity contribution in [2.24, 2.45) is 17.8 Å². The van der Waals surface area contributed by atoms with Crippen molar-refractivity contribution >= 4 is 56.2 Å². The Morgan fingerprint density at radius 2 is 1.81 bits per heavy atom. The van der Waals surface area contributed by atoms with Crippen LogP contribution >= 0.6 is 15.9 Å². The maximum absolute atomic E-state index is 13.4. The molecular weight excluding hydrogens is 542 g/mol. The number of Topliss-reactive ketones (excluding diaryl/α,β-unsaturated/α-hetero) is 1. The number of carbonyl (C=O) groups is 5. The number of likely N-dealkylation sites (tertiary alicyclic amines) is 1. The molecule has 8 nitrogen and oxygen atoms in total. The standard InChI is InChI=1S/C28H20BrNO7/c1-37-28(36)30-26(34)16-9-8-14-17(22(16)27(30)35)10-18-23(20(31)11-19(29)25(18)33)21(14)15-7-6-12-4-2-3-5-13(12)24(15)32/h2-8,11,16-17,21-22,32H,9-10H2,1H3/t16-,17+,21+,22-/m0/s1. The fraction of sp³-hybridized carbons (Fsp3) is 0.250. The number of rotatable bonds is 1. The van der Waals surface area contributed by atoms with E-state index in [0.717, 1.165) is 12.5 Å². The molecule has 4 aliphatic rings. The Hall–Kier alpha value is -3.85. The number of ether oxygens (including phenoxy) is 1. The van der Waals surface area contributed by atoms with Crippen LogP contribution in [0, 0.1) is 17.8 Å². The number of nitrogens with zero attached hydrogens (tertiary/aromatic N) is 1. The first-order valence-electron chi connectivity index (χ1n) is 11.8. The van der Waals surface area contributed by atoms with Gasteiger partial charge in [0.1, 0.15) is 5.75 Å². The molecule has 3 aliphatic carbocycles. The summed E-state index contributed by atoms with van der Waals surface area (Å²) in [4.78, 5) is 65.8. The molecule has 2 aromatic rings. The minimum atomic E-state index is -1.04. The van der Waals surface area contributed by atoms with E-state index in [9.17, 15) is 29.1 Å². The molecule has 1 N–H and O–H groups in total.